The van der Waals surface area contributed by atoms with Crippen LogP contribution in [-0.2, 0) is 11.3 Å². The van der Waals surface area contributed by atoms with Crippen LogP contribution in [0.4, 0.5) is 4.79 Å². The lowest BCUT2D eigenvalue weighted by Crippen LogP contribution is -2.46. The molecule has 0 atom stereocenters. The molecule has 2 rings (SSSR count). The molecule has 0 saturated carbocycles. The summed E-state index contributed by atoms with van der Waals surface area (Å²) in [6.07, 6.45) is 1.80. The second-order valence-corrected chi connectivity index (χ2v) is 5.62. The Morgan fingerprint density at radius 2 is 1.95 bits per heavy atom. The minimum atomic E-state index is -0.197. The number of ether oxygens (including phenoxy) is 1. The molecule has 0 radical (unpaired) electrons. The van der Waals surface area contributed by atoms with E-state index in [9.17, 15) is 4.79 Å². The van der Waals surface area contributed by atoms with Gasteiger partial charge in [0.25, 0.3) is 0 Å². The smallest absolute Gasteiger partial charge is 0.410 e. The van der Waals surface area contributed by atoms with Gasteiger partial charge >= 0.3 is 6.09 Å². The number of hydrogen-bond acceptors (Lipinski definition) is 3. The molecule has 0 bridgehead atoms. The fourth-order valence-electron chi connectivity index (χ4n) is 2.51. The number of nitrogens with one attached hydrogen (secondary N) is 1. The predicted molar refractivity (Wildman–Crippen MR) is 79.5 cm³/mol. The van der Waals surface area contributed by atoms with Gasteiger partial charge in [0.1, 0.15) is 6.61 Å². The number of carbonyl (C=O) groups is 1. The highest BCUT2D eigenvalue weighted by Crippen LogP contribution is 2.13. The normalized spacial score (nSPS) is 16.4. The zero-order valence-corrected chi connectivity index (χ0v) is 12.3. The monoisotopic (exact) mass is 276 g/mol. The summed E-state index contributed by atoms with van der Waals surface area (Å²) >= 11 is 0. The summed E-state index contributed by atoms with van der Waals surface area (Å²) in [6.45, 7) is 6.21. The van der Waals surface area contributed by atoms with Crippen molar-refractivity contribution in [2.75, 3.05) is 13.1 Å². The summed E-state index contributed by atoms with van der Waals surface area (Å²) < 4.78 is 5.35. The highest BCUT2D eigenvalue weighted by Gasteiger charge is 2.23. The SMILES string of the molecule is CC(C)NC1CCN(C(=O)OCc2ccccc2)CC1. The molecule has 1 saturated heterocycles. The van der Waals surface area contributed by atoms with Crippen LogP contribution in [0.5, 0.6) is 0 Å². The third-order valence-electron chi connectivity index (χ3n) is 3.53. The summed E-state index contributed by atoms with van der Waals surface area (Å²) in [6, 6.07) is 10.8. The minimum absolute atomic E-state index is 0.197. The molecule has 1 aromatic rings. The van der Waals surface area contributed by atoms with Gasteiger partial charge in [0.15, 0.2) is 0 Å². The van der Waals surface area contributed by atoms with Crippen LogP contribution >= 0.6 is 0 Å². The predicted octanol–water partition coefficient (Wildman–Crippen LogP) is 2.79. The summed E-state index contributed by atoms with van der Waals surface area (Å²) in [5.41, 5.74) is 1.03. The first kappa shape index (κ1) is 14.9. The number of carbonyl (C=O) groups excluding carboxylic acids is 1. The molecular formula is C16H24N2O2. The number of piperidine rings is 1. The molecule has 110 valence electrons. The zero-order chi connectivity index (χ0) is 14.4. The van der Waals surface area contributed by atoms with E-state index in [-0.39, 0.29) is 6.09 Å². The highest BCUT2D eigenvalue weighted by atomic mass is 16.6. The molecule has 1 amide bonds. The number of hydrogen-bond donors (Lipinski definition) is 1. The Bertz CT molecular complexity index is 412. The Kier molecular flexibility index (Phi) is 5.41. The van der Waals surface area contributed by atoms with Gasteiger partial charge in [-0.25, -0.2) is 4.79 Å². The van der Waals surface area contributed by atoms with Crippen molar-refractivity contribution in [2.24, 2.45) is 0 Å². The highest BCUT2D eigenvalue weighted by molar-refractivity contribution is 5.67. The molecular weight excluding hydrogens is 252 g/mol. The maximum Gasteiger partial charge on any atom is 0.410 e. The third kappa shape index (κ3) is 4.53. The number of benzene rings is 1. The van der Waals surface area contributed by atoms with E-state index in [1.807, 2.05) is 30.3 Å². The maximum absolute atomic E-state index is 12.0. The van der Waals surface area contributed by atoms with Crippen LogP contribution < -0.4 is 5.32 Å². The summed E-state index contributed by atoms with van der Waals surface area (Å²) in [5.74, 6) is 0. The van der Waals surface area contributed by atoms with Crippen LogP contribution in [0.15, 0.2) is 30.3 Å². The number of likely N-dealkylation sites (tertiary alicyclic amines) is 1. The molecule has 0 aliphatic carbocycles. The molecule has 1 aliphatic heterocycles. The molecule has 4 nitrogen and oxygen atoms in total. The number of nitrogens with zero attached hydrogens (tertiary/aromatic N) is 1. The van der Waals surface area contributed by atoms with Crippen molar-refractivity contribution in [1.82, 2.24) is 10.2 Å². The van der Waals surface area contributed by atoms with Gasteiger partial charge in [-0.15, -0.1) is 0 Å². The molecule has 0 aromatic heterocycles. The number of amides is 1. The van der Waals surface area contributed by atoms with Gasteiger partial charge in [-0.05, 0) is 18.4 Å². The van der Waals surface area contributed by atoms with E-state index >= 15 is 0 Å². The molecule has 1 N–H and O–H groups in total. The second-order valence-electron chi connectivity index (χ2n) is 5.62. The zero-order valence-electron chi connectivity index (χ0n) is 12.3. The third-order valence-corrected chi connectivity index (χ3v) is 3.53. The van der Waals surface area contributed by atoms with Gasteiger partial charge in [-0.1, -0.05) is 44.2 Å². The summed E-state index contributed by atoms with van der Waals surface area (Å²) in [4.78, 5) is 13.8. The second kappa shape index (κ2) is 7.29. The van der Waals surface area contributed by atoms with Crippen molar-refractivity contribution >= 4 is 6.09 Å². The van der Waals surface area contributed by atoms with Crippen LogP contribution in [0.1, 0.15) is 32.3 Å². The van der Waals surface area contributed by atoms with E-state index in [4.69, 9.17) is 4.74 Å². The molecule has 1 aliphatic rings. The lowest BCUT2D eigenvalue weighted by atomic mass is 10.0. The molecule has 20 heavy (non-hydrogen) atoms. The first-order chi connectivity index (χ1) is 9.65. The Hall–Kier alpha value is -1.55. The largest absolute Gasteiger partial charge is 0.445 e. The van der Waals surface area contributed by atoms with Gasteiger partial charge in [-0.3, -0.25) is 0 Å². The van der Waals surface area contributed by atoms with Gasteiger partial charge in [0.05, 0.1) is 0 Å². The van der Waals surface area contributed by atoms with Crippen LogP contribution in [0.25, 0.3) is 0 Å². The standard InChI is InChI=1S/C16H24N2O2/c1-13(2)17-15-8-10-18(11-9-15)16(19)20-12-14-6-4-3-5-7-14/h3-7,13,15,17H,8-12H2,1-2H3. The van der Waals surface area contributed by atoms with Crippen LogP contribution in [-0.4, -0.2) is 36.2 Å². The van der Waals surface area contributed by atoms with Crippen molar-refractivity contribution in [3.05, 3.63) is 35.9 Å². The van der Waals surface area contributed by atoms with E-state index in [1.54, 1.807) is 4.90 Å². The average molecular weight is 276 g/mol. The van der Waals surface area contributed by atoms with E-state index in [1.165, 1.54) is 0 Å². The Balaban J connectivity index is 1.72. The van der Waals surface area contributed by atoms with Crippen molar-refractivity contribution in [3.8, 4) is 0 Å². The fourth-order valence-corrected chi connectivity index (χ4v) is 2.51. The molecule has 0 unspecified atom stereocenters. The fraction of sp³-hybridized carbons (Fsp3) is 0.562. The molecule has 1 heterocycles. The van der Waals surface area contributed by atoms with E-state index in [0.29, 0.717) is 18.7 Å². The Labute approximate surface area is 121 Å². The van der Waals surface area contributed by atoms with Gasteiger partial charge in [-0.2, -0.15) is 0 Å². The van der Waals surface area contributed by atoms with Crippen LogP contribution in [0.3, 0.4) is 0 Å². The van der Waals surface area contributed by atoms with Crippen molar-refractivity contribution in [1.29, 1.82) is 0 Å². The minimum Gasteiger partial charge on any atom is -0.445 e. The van der Waals surface area contributed by atoms with Gasteiger partial charge < -0.3 is 15.0 Å². The molecule has 4 heteroatoms. The van der Waals surface area contributed by atoms with E-state index < -0.39 is 0 Å². The first-order valence-electron chi connectivity index (χ1n) is 7.37. The van der Waals surface area contributed by atoms with Crippen LogP contribution in [0.2, 0.25) is 0 Å². The van der Waals surface area contributed by atoms with Gasteiger partial charge in [0.2, 0.25) is 0 Å². The van der Waals surface area contributed by atoms with E-state index in [2.05, 4.69) is 19.2 Å². The Morgan fingerprint density at radius 1 is 1.30 bits per heavy atom. The quantitative estimate of drug-likeness (QED) is 0.919. The van der Waals surface area contributed by atoms with Crippen molar-refractivity contribution < 1.29 is 9.53 Å². The summed E-state index contributed by atoms with van der Waals surface area (Å²) in [5, 5.41) is 3.52. The Morgan fingerprint density at radius 3 is 2.55 bits per heavy atom. The molecule has 1 fully saturated rings. The van der Waals surface area contributed by atoms with E-state index in [0.717, 1.165) is 31.5 Å². The van der Waals surface area contributed by atoms with Crippen molar-refractivity contribution in [2.45, 2.75) is 45.4 Å². The average Bonchev–Trinajstić information content (AvgIpc) is 2.46. The lowest BCUT2D eigenvalue weighted by molar-refractivity contribution is 0.0848. The maximum atomic E-state index is 12.0. The van der Waals surface area contributed by atoms with Crippen LogP contribution in [0, 0.1) is 0 Å². The van der Waals surface area contributed by atoms with Gasteiger partial charge in [0, 0.05) is 25.2 Å². The molecule has 0 spiro atoms. The number of rotatable bonds is 4. The van der Waals surface area contributed by atoms with Crippen molar-refractivity contribution in [3.63, 3.8) is 0 Å². The topological polar surface area (TPSA) is 41.6 Å². The molecule has 1 aromatic carbocycles. The lowest BCUT2D eigenvalue weighted by Gasteiger charge is -2.32. The first-order valence-corrected chi connectivity index (χ1v) is 7.37. The summed E-state index contributed by atoms with van der Waals surface area (Å²) in [7, 11) is 0.